The number of methoxy groups -OCH3 is 1. The lowest BCUT2D eigenvalue weighted by molar-refractivity contribution is 0.0117. The SMILES string of the molecule is COC(C)(C)CCC(NN)c1cccc2ccccc12. The molecule has 0 bridgehead atoms. The first-order chi connectivity index (χ1) is 9.57. The first-order valence-electron chi connectivity index (χ1n) is 7.06. The highest BCUT2D eigenvalue weighted by Crippen LogP contribution is 2.29. The molecule has 0 amide bonds. The second kappa shape index (κ2) is 6.35. The molecule has 0 fully saturated rings. The molecule has 1 atom stereocenters. The molecule has 0 aliphatic carbocycles. The van der Waals surface area contributed by atoms with Crippen molar-refractivity contribution in [2.45, 2.75) is 38.3 Å². The number of nitrogens with one attached hydrogen (secondary N) is 1. The minimum absolute atomic E-state index is 0.125. The van der Waals surface area contributed by atoms with Crippen LogP contribution in [0, 0.1) is 0 Å². The lowest BCUT2D eigenvalue weighted by Gasteiger charge is -2.26. The Labute approximate surface area is 121 Å². The third-order valence-corrected chi connectivity index (χ3v) is 3.99. The molecule has 3 N–H and O–H groups in total. The van der Waals surface area contributed by atoms with Crippen molar-refractivity contribution in [1.29, 1.82) is 0 Å². The molecule has 108 valence electrons. The molecule has 0 aromatic heterocycles. The number of rotatable bonds is 6. The zero-order chi connectivity index (χ0) is 14.6. The van der Waals surface area contributed by atoms with Gasteiger partial charge in [-0.3, -0.25) is 11.3 Å². The fourth-order valence-corrected chi connectivity index (χ4v) is 2.48. The molecule has 3 nitrogen and oxygen atoms in total. The van der Waals surface area contributed by atoms with Gasteiger partial charge in [0, 0.05) is 13.2 Å². The molecule has 0 aliphatic rings. The molecule has 0 saturated carbocycles. The van der Waals surface area contributed by atoms with E-state index in [4.69, 9.17) is 10.6 Å². The van der Waals surface area contributed by atoms with Crippen molar-refractivity contribution in [2.24, 2.45) is 5.84 Å². The fraction of sp³-hybridized carbons (Fsp3) is 0.412. The van der Waals surface area contributed by atoms with Crippen molar-refractivity contribution in [3.8, 4) is 0 Å². The Bertz CT molecular complexity index is 560. The molecule has 0 spiro atoms. The fourth-order valence-electron chi connectivity index (χ4n) is 2.48. The van der Waals surface area contributed by atoms with Crippen molar-refractivity contribution in [1.82, 2.24) is 5.43 Å². The van der Waals surface area contributed by atoms with E-state index in [2.05, 4.69) is 61.7 Å². The summed E-state index contributed by atoms with van der Waals surface area (Å²) in [5, 5.41) is 2.50. The number of hydrazine groups is 1. The van der Waals surface area contributed by atoms with E-state index in [1.54, 1.807) is 7.11 Å². The number of benzene rings is 2. The molecular weight excluding hydrogens is 248 g/mol. The number of nitrogens with two attached hydrogens (primary N) is 1. The van der Waals surface area contributed by atoms with Gasteiger partial charge in [0.2, 0.25) is 0 Å². The van der Waals surface area contributed by atoms with Gasteiger partial charge < -0.3 is 4.74 Å². The first kappa shape index (κ1) is 15.0. The van der Waals surface area contributed by atoms with Gasteiger partial charge in [0.15, 0.2) is 0 Å². The predicted molar refractivity (Wildman–Crippen MR) is 84.3 cm³/mol. The van der Waals surface area contributed by atoms with E-state index >= 15 is 0 Å². The normalized spacial score (nSPS) is 13.6. The van der Waals surface area contributed by atoms with Gasteiger partial charge >= 0.3 is 0 Å². The van der Waals surface area contributed by atoms with E-state index in [9.17, 15) is 0 Å². The van der Waals surface area contributed by atoms with Gasteiger partial charge in [0.05, 0.1) is 5.60 Å². The third-order valence-electron chi connectivity index (χ3n) is 3.99. The molecule has 0 saturated heterocycles. The van der Waals surface area contributed by atoms with Crippen LogP contribution in [0.4, 0.5) is 0 Å². The minimum atomic E-state index is -0.125. The minimum Gasteiger partial charge on any atom is -0.379 e. The molecule has 0 aliphatic heterocycles. The summed E-state index contributed by atoms with van der Waals surface area (Å²) in [6.07, 6.45) is 1.88. The molecule has 0 radical (unpaired) electrons. The van der Waals surface area contributed by atoms with E-state index in [0.29, 0.717) is 0 Å². The van der Waals surface area contributed by atoms with Crippen molar-refractivity contribution < 1.29 is 4.74 Å². The summed E-state index contributed by atoms with van der Waals surface area (Å²) >= 11 is 0. The maximum Gasteiger partial charge on any atom is 0.0623 e. The Morgan fingerprint density at radius 1 is 1.15 bits per heavy atom. The standard InChI is InChI=1S/C17H24N2O/c1-17(2,20-3)12-11-16(19-18)15-10-6-8-13-7-4-5-9-14(13)15/h4-10,16,19H,11-12,18H2,1-3H3. The highest BCUT2D eigenvalue weighted by Gasteiger charge is 2.20. The van der Waals surface area contributed by atoms with Crippen LogP contribution in [0.15, 0.2) is 42.5 Å². The maximum absolute atomic E-state index is 5.78. The van der Waals surface area contributed by atoms with Crippen LogP contribution in [0.1, 0.15) is 38.3 Å². The van der Waals surface area contributed by atoms with Crippen LogP contribution in [-0.2, 0) is 4.74 Å². The van der Waals surface area contributed by atoms with Crippen molar-refractivity contribution in [3.63, 3.8) is 0 Å². The third kappa shape index (κ3) is 3.37. The van der Waals surface area contributed by atoms with Gasteiger partial charge in [0.1, 0.15) is 0 Å². The van der Waals surface area contributed by atoms with Crippen LogP contribution in [0.5, 0.6) is 0 Å². The van der Waals surface area contributed by atoms with Crippen LogP contribution >= 0.6 is 0 Å². The van der Waals surface area contributed by atoms with Gasteiger partial charge in [-0.05, 0) is 43.0 Å². The van der Waals surface area contributed by atoms with Crippen LogP contribution in [0.2, 0.25) is 0 Å². The van der Waals surface area contributed by atoms with Gasteiger partial charge in [-0.25, -0.2) is 0 Å². The van der Waals surface area contributed by atoms with E-state index < -0.39 is 0 Å². The van der Waals surface area contributed by atoms with Crippen molar-refractivity contribution in [2.75, 3.05) is 7.11 Å². The molecule has 2 rings (SSSR count). The van der Waals surface area contributed by atoms with Gasteiger partial charge in [-0.1, -0.05) is 42.5 Å². The highest BCUT2D eigenvalue weighted by molar-refractivity contribution is 5.86. The number of fused-ring (bicyclic) bond motifs is 1. The Kier molecular flexibility index (Phi) is 4.76. The summed E-state index contributed by atoms with van der Waals surface area (Å²) in [5.74, 6) is 5.78. The smallest absolute Gasteiger partial charge is 0.0623 e. The summed E-state index contributed by atoms with van der Waals surface area (Å²) in [7, 11) is 1.75. The van der Waals surface area contributed by atoms with Crippen molar-refractivity contribution >= 4 is 10.8 Å². The first-order valence-corrected chi connectivity index (χ1v) is 7.06. The molecule has 3 heteroatoms. The zero-order valence-electron chi connectivity index (χ0n) is 12.5. The summed E-state index contributed by atoms with van der Waals surface area (Å²) in [4.78, 5) is 0. The van der Waals surface area contributed by atoms with Gasteiger partial charge in [-0.2, -0.15) is 0 Å². The number of hydrogen-bond donors (Lipinski definition) is 2. The second-order valence-corrected chi connectivity index (χ2v) is 5.79. The molecule has 2 aromatic carbocycles. The second-order valence-electron chi connectivity index (χ2n) is 5.79. The largest absolute Gasteiger partial charge is 0.379 e. The lowest BCUT2D eigenvalue weighted by Crippen LogP contribution is -2.31. The zero-order valence-corrected chi connectivity index (χ0v) is 12.5. The van der Waals surface area contributed by atoms with E-state index in [0.717, 1.165) is 12.8 Å². The van der Waals surface area contributed by atoms with Crippen LogP contribution < -0.4 is 11.3 Å². The molecule has 20 heavy (non-hydrogen) atoms. The highest BCUT2D eigenvalue weighted by atomic mass is 16.5. The molecular formula is C17H24N2O. The number of ether oxygens (including phenoxy) is 1. The Morgan fingerprint density at radius 2 is 1.85 bits per heavy atom. The summed E-state index contributed by atoms with van der Waals surface area (Å²) in [5.41, 5.74) is 4.07. The Hall–Kier alpha value is -1.42. The number of hydrogen-bond acceptors (Lipinski definition) is 3. The van der Waals surface area contributed by atoms with Crippen LogP contribution in [0.25, 0.3) is 10.8 Å². The monoisotopic (exact) mass is 272 g/mol. The van der Waals surface area contributed by atoms with Crippen molar-refractivity contribution in [3.05, 3.63) is 48.0 Å². The topological polar surface area (TPSA) is 47.3 Å². The lowest BCUT2D eigenvalue weighted by atomic mass is 9.92. The average Bonchev–Trinajstić information content (AvgIpc) is 2.48. The molecule has 0 heterocycles. The van der Waals surface area contributed by atoms with Crippen LogP contribution in [-0.4, -0.2) is 12.7 Å². The molecule has 2 aromatic rings. The summed E-state index contributed by atoms with van der Waals surface area (Å²) < 4.78 is 5.49. The van der Waals surface area contributed by atoms with Gasteiger partial charge in [-0.15, -0.1) is 0 Å². The van der Waals surface area contributed by atoms with Gasteiger partial charge in [0.25, 0.3) is 0 Å². The Balaban J connectivity index is 2.26. The summed E-state index contributed by atoms with van der Waals surface area (Å²) in [6.45, 7) is 4.20. The quantitative estimate of drug-likeness (QED) is 0.624. The Morgan fingerprint density at radius 3 is 2.55 bits per heavy atom. The predicted octanol–water partition coefficient (Wildman–Crippen LogP) is 3.55. The average molecular weight is 272 g/mol. The molecule has 1 unspecified atom stereocenters. The maximum atomic E-state index is 5.78. The van der Waals surface area contributed by atoms with E-state index in [1.165, 1.54) is 16.3 Å². The summed E-state index contributed by atoms with van der Waals surface area (Å²) in [6, 6.07) is 14.9. The van der Waals surface area contributed by atoms with E-state index in [-0.39, 0.29) is 11.6 Å². The van der Waals surface area contributed by atoms with Crippen LogP contribution in [0.3, 0.4) is 0 Å². The van der Waals surface area contributed by atoms with E-state index in [1.807, 2.05) is 0 Å².